The molecule has 2 heterocycles. The molecule has 0 spiro atoms. The van der Waals surface area contributed by atoms with Crippen LogP contribution in [0.4, 0.5) is 9.59 Å². The van der Waals surface area contributed by atoms with Crippen molar-refractivity contribution in [1.29, 1.82) is 0 Å². The first-order valence-corrected chi connectivity index (χ1v) is 12.2. The molecular formula is C22H31N3O6S. The molecule has 1 aromatic rings. The van der Waals surface area contributed by atoms with Gasteiger partial charge in [0.25, 0.3) is 0 Å². The SMILES string of the molecule is COC(=O)[C@H](CCSC)NC(=O)N1CCC(N2CC(COc3ccccc3)OC2=O)CC1. The Kier molecular flexibility index (Phi) is 8.90. The van der Waals surface area contributed by atoms with Crippen molar-refractivity contribution in [2.24, 2.45) is 0 Å². The Morgan fingerprint density at radius 1 is 1.25 bits per heavy atom. The van der Waals surface area contributed by atoms with E-state index in [1.807, 2.05) is 36.6 Å². The van der Waals surface area contributed by atoms with Crippen molar-refractivity contribution >= 4 is 29.9 Å². The monoisotopic (exact) mass is 465 g/mol. The van der Waals surface area contributed by atoms with Crippen LogP contribution < -0.4 is 10.1 Å². The van der Waals surface area contributed by atoms with Gasteiger partial charge >= 0.3 is 18.1 Å². The van der Waals surface area contributed by atoms with E-state index in [4.69, 9.17) is 14.2 Å². The van der Waals surface area contributed by atoms with E-state index in [0.29, 0.717) is 45.5 Å². The number of cyclic esters (lactones) is 1. The second kappa shape index (κ2) is 11.8. The van der Waals surface area contributed by atoms with E-state index in [9.17, 15) is 14.4 Å². The zero-order chi connectivity index (χ0) is 22.9. The largest absolute Gasteiger partial charge is 0.490 e. The Bertz CT molecular complexity index is 772. The maximum absolute atomic E-state index is 12.6. The number of hydrogen-bond donors (Lipinski definition) is 1. The van der Waals surface area contributed by atoms with E-state index in [-0.39, 0.29) is 24.3 Å². The Morgan fingerprint density at radius 2 is 1.97 bits per heavy atom. The molecule has 2 aliphatic rings. The molecule has 3 amide bonds. The van der Waals surface area contributed by atoms with Gasteiger partial charge in [0.2, 0.25) is 0 Å². The quantitative estimate of drug-likeness (QED) is 0.559. The van der Waals surface area contributed by atoms with Gasteiger partial charge in [-0.3, -0.25) is 0 Å². The number of benzene rings is 1. The van der Waals surface area contributed by atoms with Crippen LogP contribution in [0.3, 0.4) is 0 Å². The van der Waals surface area contributed by atoms with E-state index in [1.165, 1.54) is 7.11 Å². The van der Waals surface area contributed by atoms with E-state index in [1.54, 1.807) is 21.6 Å². The number of para-hydroxylation sites is 1. The number of carbonyl (C=O) groups is 3. The fourth-order valence-electron chi connectivity index (χ4n) is 3.88. The maximum atomic E-state index is 12.6. The molecule has 2 aliphatic heterocycles. The highest BCUT2D eigenvalue weighted by Gasteiger charge is 2.38. The van der Waals surface area contributed by atoms with Crippen LogP contribution in [0.5, 0.6) is 5.75 Å². The number of thioether (sulfide) groups is 1. The van der Waals surface area contributed by atoms with Gasteiger partial charge in [0.1, 0.15) is 18.4 Å². The van der Waals surface area contributed by atoms with Gasteiger partial charge in [0, 0.05) is 19.1 Å². The predicted molar refractivity (Wildman–Crippen MR) is 121 cm³/mol. The molecule has 176 valence electrons. The Morgan fingerprint density at radius 3 is 2.62 bits per heavy atom. The molecule has 0 aromatic heterocycles. The summed E-state index contributed by atoms with van der Waals surface area (Å²) in [6.45, 7) is 1.78. The van der Waals surface area contributed by atoms with Gasteiger partial charge in [-0.25, -0.2) is 14.4 Å². The van der Waals surface area contributed by atoms with Gasteiger partial charge in [-0.1, -0.05) is 18.2 Å². The minimum absolute atomic E-state index is 0.0150. The Hall–Kier alpha value is -2.62. The summed E-state index contributed by atoms with van der Waals surface area (Å²) in [4.78, 5) is 40.4. The molecule has 3 rings (SSSR count). The van der Waals surface area contributed by atoms with Gasteiger partial charge in [0.05, 0.1) is 13.7 Å². The number of likely N-dealkylation sites (tertiary alicyclic amines) is 1. The number of hydrogen-bond acceptors (Lipinski definition) is 7. The number of esters is 1. The molecule has 9 nitrogen and oxygen atoms in total. The second-order valence-electron chi connectivity index (χ2n) is 7.81. The van der Waals surface area contributed by atoms with Crippen molar-refractivity contribution in [2.75, 3.05) is 45.4 Å². The molecule has 0 bridgehead atoms. The van der Waals surface area contributed by atoms with Crippen molar-refractivity contribution in [1.82, 2.24) is 15.1 Å². The summed E-state index contributed by atoms with van der Waals surface area (Å²) in [5.74, 6) is 1.05. The van der Waals surface area contributed by atoms with E-state index in [2.05, 4.69) is 5.32 Å². The zero-order valence-electron chi connectivity index (χ0n) is 18.5. The van der Waals surface area contributed by atoms with E-state index in [0.717, 1.165) is 11.5 Å². The molecule has 32 heavy (non-hydrogen) atoms. The summed E-state index contributed by atoms with van der Waals surface area (Å²) in [5, 5.41) is 2.78. The number of carbonyl (C=O) groups excluding carboxylic acids is 3. The molecule has 0 radical (unpaired) electrons. The van der Waals surface area contributed by atoms with Gasteiger partial charge in [-0.05, 0) is 43.4 Å². The predicted octanol–water partition coefficient (Wildman–Crippen LogP) is 2.35. The number of ether oxygens (including phenoxy) is 3. The first-order valence-electron chi connectivity index (χ1n) is 10.8. The number of nitrogens with one attached hydrogen (secondary N) is 1. The van der Waals surface area contributed by atoms with Crippen LogP contribution in [0.2, 0.25) is 0 Å². The summed E-state index contributed by atoms with van der Waals surface area (Å²) in [6.07, 6.45) is 3.12. The third-order valence-electron chi connectivity index (χ3n) is 5.67. The summed E-state index contributed by atoms with van der Waals surface area (Å²) < 4.78 is 16.0. The molecule has 2 atom stereocenters. The van der Waals surface area contributed by atoms with Gasteiger partial charge in [-0.15, -0.1) is 0 Å². The number of methoxy groups -OCH3 is 1. The molecule has 0 saturated carbocycles. The number of nitrogens with zero attached hydrogens (tertiary/aromatic N) is 2. The maximum Gasteiger partial charge on any atom is 0.410 e. The van der Waals surface area contributed by atoms with Crippen LogP contribution in [-0.4, -0.2) is 91.4 Å². The molecule has 1 N–H and O–H groups in total. The number of amides is 3. The molecule has 0 aliphatic carbocycles. The molecule has 2 saturated heterocycles. The smallest absolute Gasteiger partial charge is 0.410 e. The highest BCUT2D eigenvalue weighted by atomic mass is 32.2. The normalized spacial score (nSPS) is 19.9. The van der Waals surface area contributed by atoms with Crippen LogP contribution in [-0.2, 0) is 14.3 Å². The summed E-state index contributed by atoms with van der Waals surface area (Å²) >= 11 is 1.61. The van der Waals surface area contributed by atoms with Crippen molar-refractivity contribution in [3.8, 4) is 5.75 Å². The first kappa shape index (κ1) is 24.0. The van der Waals surface area contributed by atoms with Crippen molar-refractivity contribution in [2.45, 2.75) is 37.5 Å². The van der Waals surface area contributed by atoms with Crippen LogP contribution in [0.15, 0.2) is 30.3 Å². The first-order chi connectivity index (χ1) is 15.5. The Labute approximate surface area is 192 Å². The van der Waals surface area contributed by atoms with Gasteiger partial charge in [-0.2, -0.15) is 11.8 Å². The standard InChI is InChI=1S/C22H31N3O6S/c1-29-20(26)19(10-13-32-2)23-21(27)24-11-8-16(9-12-24)25-14-18(31-22(25)28)15-30-17-6-4-3-5-7-17/h3-7,16,18-19H,8-15H2,1-2H3,(H,23,27)/t18?,19-/m0/s1. The van der Waals surface area contributed by atoms with Crippen LogP contribution in [0.25, 0.3) is 0 Å². The van der Waals surface area contributed by atoms with Gasteiger partial charge in [0.15, 0.2) is 6.10 Å². The van der Waals surface area contributed by atoms with Crippen molar-refractivity contribution < 1.29 is 28.6 Å². The second-order valence-corrected chi connectivity index (χ2v) is 8.79. The summed E-state index contributed by atoms with van der Waals surface area (Å²) in [5.41, 5.74) is 0. The molecular weight excluding hydrogens is 434 g/mol. The highest BCUT2D eigenvalue weighted by Crippen LogP contribution is 2.23. The minimum atomic E-state index is -0.656. The topological polar surface area (TPSA) is 97.4 Å². The van der Waals surface area contributed by atoms with E-state index >= 15 is 0 Å². The molecule has 10 heteroatoms. The lowest BCUT2D eigenvalue weighted by Gasteiger charge is -2.36. The fraction of sp³-hybridized carbons (Fsp3) is 0.591. The average Bonchev–Trinajstić information content (AvgIpc) is 3.20. The summed E-state index contributed by atoms with van der Waals surface area (Å²) in [7, 11) is 1.32. The zero-order valence-corrected chi connectivity index (χ0v) is 19.3. The molecule has 1 unspecified atom stereocenters. The van der Waals surface area contributed by atoms with Crippen LogP contribution in [0, 0.1) is 0 Å². The number of rotatable bonds is 9. The van der Waals surface area contributed by atoms with Crippen molar-refractivity contribution in [3.05, 3.63) is 30.3 Å². The van der Waals surface area contributed by atoms with Crippen LogP contribution >= 0.6 is 11.8 Å². The molecule has 1 aromatic carbocycles. The Balaban J connectivity index is 1.44. The minimum Gasteiger partial charge on any atom is -0.490 e. The molecule has 2 fully saturated rings. The van der Waals surface area contributed by atoms with Crippen molar-refractivity contribution in [3.63, 3.8) is 0 Å². The highest BCUT2D eigenvalue weighted by molar-refractivity contribution is 7.98. The third kappa shape index (κ3) is 6.44. The number of urea groups is 1. The summed E-state index contributed by atoms with van der Waals surface area (Å²) in [6, 6.07) is 8.50. The third-order valence-corrected chi connectivity index (χ3v) is 6.31. The lowest BCUT2D eigenvalue weighted by Crippen LogP contribution is -2.53. The van der Waals surface area contributed by atoms with E-state index < -0.39 is 12.0 Å². The average molecular weight is 466 g/mol. The van der Waals surface area contributed by atoms with Gasteiger partial charge < -0.3 is 29.3 Å². The lowest BCUT2D eigenvalue weighted by atomic mass is 10.0. The van der Waals surface area contributed by atoms with Crippen LogP contribution in [0.1, 0.15) is 19.3 Å². The fourth-order valence-corrected chi connectivity index (χ4v) is 4.35. The number of piperidine rings is 1. The lowest BCUT2D eigenvalue weighted by molar-refractivity contribution is -0.142.